The van der Waals surface area contributed by atoms with E-state index in [1.165, 1.54) is 0 Å². The van der Waals surface area contributed by atoms with Gasteiger partial charge in [-0.05, 0) is 18.1 Å². The molecule has 1 atom stereocenters. The van der Waals surface area contributed by atoms with Crippen molar-refractivity contribution in [2.24, 2.45) is 0 Å². The fourth-order valence-corrected chi connectivity index (χ4v) is 3.87. The molecule has 1 fully saturated rings. The number of nitrogens with one attached hydrogen (secondary N) is 1. The first-order valence-corrected chi connectivity index (χ1v) is 9.07. The summed E-state index contributed by atoms with van der Waals surface area (Å²) in [5.41, 5.74) is 0.776. The van der Waals surface area contributed by atoms with Gasteiger partial charge in [0.1, 0.15) is 0 Å². The second-order valence-electron chi connectivity index (χ2n) is 5.38. The zero-order valence-corrected chi connectivity index (χ0v) is 13.7. The molecule has 0 saturated carbocycles. The number of ether oxygens (including phenoxy) is 1. The van der Waals surface area contributed by atoms with Crippen LogP contribution >= 0.6 is 0 Å². The molecular formula is C15H24N2O4S. The van der Waals surface area contributed by atoms with Gasteiger partial charge in [0.05, 0.1) is 24.2 Å². The van der Waals surface area contributed by atoms with Gasteiger partial charge in [-0.2, -0.15) is 0 Å². The molecule has 7 heteroatoms. The maximum Gasteiger partial charge on any atom is 0.240 e. The topological polar surface area (TPSA) is 78.9 Å². The molecule has 0 aliphatic carbocycles. The number of hydrogen-bond donors (Lipinski definition) is 2. The van der Waals surface area contributed by atoms with Crippen molar-refractivity contribution in [3.05, 3.63) is 29.8 Å². The number of rotatable bonds is 7. The van der Waals surface area contributed by atoms with E-state index in [1.807, 2.05) is 13.0 Å². The highest BCUT2D eigenvalue weighted by Crippen LogP contribution is 2.15. The van der Waals surface area contributed by atoms with Crippen LogP contribution in [-0.4, -0.2) is 63.9 Å². The van der Waals surface area contributed by atoms with Gasteiger partial charge in [0.15, 0.2) is 0 Å². The summed E-state index contributed by atoms with van der Waals surface area (Å²) in [6, 6.07) is 6.93. The molecule has 2 rings (SSSR count). The van der Waals surface area contributed by atoms with Crippen LogP contribution in [0.1, 0.15) is 12.5 Å². The Kier molecular flexibility index (Phi) is 6.34. The molecule has 0 amide bonds. The summed E-state index contributed by atoms with van der Waals surface area (Å²) in [5.74, 6) is 0. The molecular weight excluding hydrogens is 304 g/mol. The fourth-order valence-electron chi connectivity index (χ4n) is 2.49. The molecule has 1 heterocycles. The summed E-state index contributed by atoms with van der Waals surface area (Å²) < 4.78 is 32.5. The lowest BCUT2D eigenvalue weighted by Gasteiger charge is -2.28. The van der Waals surface area contributed by atoms with E-state index < -0.39 is 16.1 Å². The number of benzene rings is 1. The first-order valence-electron chi connectivity index (χ1n) is 7.58. The van der Waals surface area contributed by atoms with Crippen molar-refractivity contribution in [1.82, 2.24) is 9.62 Å². The van der Waals surface area contributed by atoms with Crippen LogP contribution in [0.15, 0.2) is 29.2 Å². The summed E-state index contributed by atoms with van der Waals surface area (Å²) in [5, 5.41) is 10.0. The van der Waals surface area contributed by atoms with Crippen molar-refractivity contribution in [3.63, 3.8) is 0 Å². The molecule has 22 heavy (non-hydrogen) atoms. The van der Waals surface area contributed by atoms with Gasteiger partial charge in [0, 0.05) is 26.2 Å². The van der Waals surface area contributed by atoms with Crippen molar-refractivity contribution in [3.8, 4) is 0 Å². The van der Waals surface area contributed by atoms with Crippen molar-refractivity contribution >= 4 is 10.0 Å². The third-order valence-corrected chi connectivity index (χ3v) is 5.25. The predicted octanol–water partition coefficient (Wildman–Crippen LogP) is 0.220. The highest BCUT2D eigenvalue weighted by atomic mass is 32.2. The minimum absolute atomic E-state index is 0.0116. The summed E-state index contributed by atoms with van der Waals surface area (Å²) in [6.07, 6.45) is -0.0883. The van der Waals surface area contributed by atoms with Crippen LogP contribution in [0.4, 0.5) is 0 Å². The van der Waals surface area contributed by atoms with Crippen molar-refractivity contribution in [2.45, 2.75) is 24.3 Å². The third kappa shape index (κ3) is 4.76. The Morgan fingerprint density at radius 3 is 2.68 bits per heavy atom. The first-order chi connectivity index (χ1) is 10.5. The quantitative estimate of drug-likeness (QED) is 0.749. The number of nitrogens with zero attached hydrogens (tertiary/aromatic N) is 1. The average Bonchev–Trinajstić information content (AvgIpc) is 2.54. The van der Waals surface area contributed by atoms with Crippen LogP contribution in [0.2, 0.25) is 0 Å². The largest absolute Gasteiger partial charge is 0.390 e. The smallest absolute Gasteiger partial charge is 0.240 e. The van der Waals surface area contributed by atoms with Gasteiger partial charge in [-0.15, -0.1) is 0 Å². The number of β-amino-alcohol motifs (C(OH)–C–C–N with tert-alkyl or cyclic N) is 1. The molecule has 1 aromatic carbocycles. The maximum atomic E-state index is 12.4. The molecule has 0 aromatic heterocycles. The van der Waals surface area contributed by atoms with Crippen LogP contribution in [0.25, 0.3) is 0 Å². The van der Waals surface area contributed by atoms with E-state index in [-0.39, 0.29) is 11.4 Å². The summed E-state index contributed by atoms with van der Waals surface area (Å²) in [7, 11) is -3.59. The lowest BCUT2D eigenvalue weighted by atomic mass is 10.2. The van der Waals surface area contributed by atoms with Crippen LogP contribution in [0.3, 0.4) is 0 Å². The van der Waals surface area contributed by atoms with Gasteiger partial charge >= 0.3 is 0 Å². The minimum atomic E-state index is -3.59. The van der Waals surface area contributed by atoms with Gasteiger partial charge < -0.3 is 9.84 Å². The molecule has 124 valence electrons. The van der Waals surface area contributed by atoms with Crippen molar-refractivity contribution < 1.29 is 18.3 Å². The molecule has 0 spiro atoms. The highest BCUT2D eigenvalue weighted by molar-refractivity contribution is 7.89. The number of aliphatic hydroxyl groups excluding tert-OH is 1. The molecule has 6 nitrogen and oxygen atoms in total. The number of sulfonamides is 1. The molecule has 1 aliphatic rings. The Labute approximate surface area is 132 Å². The van der Waals surface area contributed by atoms with Crippen LogP contribution < -0.4 is 4.72 Å². The van der Waals surface area contributed by atoms with E-state index >= 15 is 0 Å². The Bertz CT molecular complexity index is 571. The maximum absolute atomic E-state index is 12.4. The lowest BCUT2D eigenvalue weighted by Crippen LogP contribution is -2.44. The molecule has 2 N–H and O–H groups in total. The van der Waals surface area contributed by atoms with E-state index in [0.717, 1.165) is 18.7 Å². The van der Waals surface area contributed by atoms with E-state index in [9.17, 15) is 13.5 Å². The molecule has 1 saturated heterocycles. The van der Waals surface area contributed by atoms with E-state index in [4.69, 9.17) is 4.74 Å². The highest BCUT2D eigenvalue weighted by Gasteiger charge is 2.20. The third-order valence-electron chi connectivity index (χ3n) is 3.72. The van der Waals surface area contributed by atoms with Crippen molar-refractivity contribution in [2.75, 3.05) is 39.4 Å². The molecule has 1 aromatic rings. The van der Waals surface area contributed by atoms with Gasteiger partial charge in [-0.3, -0.25) is 4.90 Å². The number of hydrogen-bond acceptors (Lipinski definition) is 5. The van der Waals surface area contributed by atoms with E-state index in [2.05, 4.69) is 9.62 Å². The zero-order chi connectivity index (χ0) is 16.0. The van der Waals surface area contributed by atoms with Crippen LogP contribution in [0.5, 0.6) is 0 Å². The van der Waals surface area contributed by atoms with Gasteiger partial charge in [-0.25, -0.2) is 13.1 Å². The first kappa shape index (κ1) is 17.4. The normalized spacial score (nSPS) is 18.3. The molecule has 0 radical (unpaired) electrons. The number of aliphatic hydroxyl groups is 1. The second-order valence-corrected chi connectivity index (χ2v) is 7.12. The predicted molar refractivity (Wildman–Crippen MR) is 84.3 cm³/mol. The summed E-state index contributed by atoms with van der Waals surface area (Å²) in [4.78, 5) is 2.36. The monoisotopic (exact) mass is 328 g/mol. The van der Waals surface area contributed by atoms with Crippen molar-refractivity contribution in [1.29, 1.82) is 0 Å². The SMILES string of the molecule is CCc1ccccc1S(=O)(=O)NCC(O)CN1CCOCC1. The number of morpholine rings is 1. The fraction of sp³-hybridized carbons (Fsp3) is 0.600. The Hall–Kier alpha value is -0.990. The molecule has 1 unspecified atom stereocenters. The number of aryl methyl sites for hydroxylation is 1. The van der Waals surface area contributed by atoms with Gasteiger partial charge in [0.25, 0.3) is 0 Å². The second kappa shape index (κ2) is 8.03. The zero-order valence-electron chi connectivity index (χ0n) is 12.9. The van der Waals surface area contributed by atoms with Crippen LogP contribution in [-0.2, 0) is 21.2 Å². The average molecular weight is 328 g/mol. The minimum Gasteiger partial charge on any atom is -0.390 e. The Morgan fingerprint density at radius 2 is 2.00 bits per heavy atom. The summed E-state index contributed by atoms with van der Waals surface area (Å²) >= 11 is 0. The standard InChI is InChI=1S/C15H24N2O4S/c1-2-13-5-3-4-6-15(13)22(19,20)16-11-14(18)12-17-7-9-21-10-8-17/h3-6,14,16,18H,2,7-12H2,1H3. The Balaban J connectivity index is 1.91. The van der Waals surface area contributed by atoms with Crippen LogP contribution in [0, 0.1) is 0 Å². The summed E-state index contributed by atoms with van der Waals surface area (Å²) in [6.45, 7) is 5.22. The van der Waals surface area contributed by atoms with E-state index in [1.54, 1.807) is 18.2 Å². The van der Waals surface area contributed by atoms with E-state index in [0.29, 0.717) is 26.2 Å². The van der Waals surface area contributed by atoms with Gasteiger partial charge in [-0.1, -0.05) is 25.1 Å². The van der Waals surface area contributed by atoms with Gasteiger partial charge in [0.2, 0.25) is 10.0 Å². The molecule has 1 aliphatic heterocycles. The molecule has 0 bridgehead atoms. The lowest BCUT2D eigenvalue weighted by molar-refractivity contribution is 0.0158. The Morgan fingerprint density at radius 1 is 1.32 bits per heavy atom.